The highest BCUT2D eigenvalue weighted by molar-refractivity contribution is 9.10. The van der Waals surface area contributed by atoms with Crippen molar-refractivity contribution < 1.29 is 24.2 Å². The number of carbonyl (C=O) groups excluding carboxylic acids is 2. The van der Waals surface area contributed by atoms with Crippen LogP contribution in [0.4, 0.5) is 0 Å². The van der Waals surface area contributed by atoms with Gasteiger partial charge >= 0.3 is 11.9 Å². The molecule has 136 valence electrons. The summed E-state index contributed by atoms with van der Waals surface area (Å²) in [4.78, 5) is 35.2. The lowest BCUT2D eigenvalue weighted by atomic mass is 9.94. The largest absolute Gasteiger partial charge is 0.481 e. The summed E-state index contributed by atoms with van der Waals surface area (Å²) in [6.45, 7) is 1.78. The van der Waals surface area contributed by atoms with E-state index in [1.807, 2.05) is 36.4 Å². The SMILES string of the molecule is CCOC(=O)C(CC(=O)O)CC(=O)c1ccc(-c2ccc(Br)cc2)cc1. The molecule has 26 heavy (non-hydrogen) atoms. The van der Waals surface area contributed by atoms with E-state index >= 15 is 0 Å². The number of carboxylic acids is 1. The number of Topliss-reactive ketones (excluding diaryl/α,β-unsaturated/α-hetero) is 1. The first-order valence-corrected chi connectivity index (χ1v) is 8.97. The van der Waals surface area contributed by atoms with E-state index in [1.165, 1.54) is 0 Å². The Kier molecular flexibility index (Phi) is 7.09. The summed E-state index contributed by atoms with van der Waals surface area (Å²) in [5, 5.41) is 8.94. The number of ether oxygens (including phenoxy) is 1. The Labute approximate surface area is 160 Å². The fourth-order valence-electron chi connectivity index (χ4n) is 2.54. The van der Waals surface area contributed by atoms with Crippen molar-refractivity contribution in [2.24, 2.45) is 5.92 Å². The lowest BCUT2D eigenvalue weighted by Gasteiger charge is -2.13. The Morgan fingerprint density at radius 3 is 2.00 bits per heavy atom. The number of hydrogen-bond donors (Lipinski definition) is 1. The third kappa shape index (κ3) is 5.52. The molecule has 1 atom stereocenters. The van der Waals surface area contributed by atoms with Gasteiger partial charge in [0.25, 0.3) is 0 Å². The van der Waals surface area contributed by atoms with Gasteiger partial charge in [-0.1, -0.05) is 52.3 Å². The average Bonchev–Trinajstić information content (AvgIpc) is 2.61. The maximum Gasteiger partial charge on any atom is 0.309 e. The molecule has 2 rings (SSSR count). The molecule has 6 heteroatoms. The van der Waals surface area contributed by atoms with Gasteiger partial charge in [-0.3, -0.25) is 14.4 Å². The Morgan fingerprint density at radius 1 is 0.962 bits per heavy atom. The number of halogens is 1. The molecule has 0 radical (unpaired) electrons. The molecule has 2 aromatic carbocycles. The summed E-state index contributed by atoms with van der Waals surface area (Å²) in [6.07, 6.45) is -0.621. The number of carbonyl (C=O) groups is 3. The highest BCUT2D eigenvalue weighted by atomic mass is 79.9. The highest BCUT2D eigenvalue weighted by Crippen LogP contribution is 2.23. The van der Waals surface area contributed by atoms with Crippen molar-refractivity contribution in [1.29, 1.82) is 0 Å². The first-order valence-electron chi connectivity index (χ1n) is 8.18. The number of benzene rings is 2. The van der Waals surface area contributed by atoms with E-state index in [0.29, 0.717) is 5.56 Å². The van der Waals surface area contributed by atoms with E-state index in [1.54, 1.807) is 19.1 Å². The number of rotatable bonds is 8. The van der Waals surface area contributed by atoms with E-state index in [-0.39, 0.29) is 18.8 Å². The quantitative estimate of drug-likeness (QED) is 0.509. The van der Waals surface area contributed by atoms with E-state index in [9.17, 15) is 14.4 Å². The van der Waals surface area contributed by atoms with Gasteiger partial charge in [0, 0.05) is 16.5 Å². The molecule has 5 nitrogen and oxygen atoms in total. The normalized spacial score (nSPS) is 11.6. The Morgan fingerprint density at radius 2 is 1.50 bits per heavy atom. The lowest BCUT2D eigenvalue weighted by Crippen LogP contribution is -2.24. The van der Waals surface area contributed by atoms with Gasteiger partial charge in [0.15, 0.2) is 5.78 Å². The van der Waals surface area contributed by atoms with Crippen LogP contribution >= 0.6 is 15.9 Å². The Hall–Kier alpha value is -2.47. The van der Waals surface area contributed by atoms with Crippen molar-refractivity contribution in [3.05, 3.63) is 58.6 Å². The zero-order valence-electron chi connectivity index (χ0n) is 14.3. The second-order valence-electron chi connectivity index (χ2n) is 5.76. The van der Waals surface area contributed by atoms with Gasteiger partial charge in [0.1, 0.15) is 0 Å². The molecule has 1 N–H and O–H groups in total. The molecule has 0 fully saturated rings. The van der Waals surface area contributed by atoms with Crippen LogP contribution in [-0.4, -0.2) is 29.4 Å². The van der Waals surface area contributed by atoms with Crippen LogP contribution in [0.1, 0.15) is 30.1 Å². The van der Waals surface area contributed by atoms with Crippen LogP contribution in [0.15, 0.2) is 53.0 Å². The molecule has 0 aliphatic rings. The molecule has 0 saturated heterocycles. The average molecular weight is 419 g/mol. The van der Waals surface area contributed by atoms with Crippen LogP contribution in [0.3, 0.4) is 0 Å². The Bertz CT molecular complexity index is 781. The van der Waals surface area contributed by atoms with Crippen LogP contribution < -0.4 is 0 Å². The number of esters is 1. The lowest BCUT2D eigenvalue weighted by molar-refractivity contribution is -0.152. The molecule has 0 spiro atoms. The van der Waals surface area contributed by atoms with Crippen molar-refractivity contribution in [1.82, 2.24) is 0 Å². The van der Waals surface area contributed by atoms with Crippen molar-refractivity contribution in [3.63, 3.8) is 0 Å². The number of ketones is 1. The van der Waals surface area contributed by atoms with Gasteiger partial charge < -0.3 is 9.84 Å². The zero-order chi connectivity index (χ0) is 19.1. The summed E-state index contributed by atoms with van der Waals surface area (Å²) in [5.41, 5.74) is 2.41. The van der Waals surface area contributed by atoms with Gasteiger partial charge in [-0.15, -0.1) is 0 Å². The molecule has 0 aliphatic carbocycles. The van der Waals surface area contributed by atoms with Gasteiger partial charge in [0.05, 0.1) is 18.9 Å². The predicted molar refractivity (Wildman–Crippen MR) is 101 cm³/mol. The summed E-state index contributed by atoms with van der Waals surface area (Å²) >= 11 is 3.39. The van der Waals surface area contributed by atoms with Crippen molar-refractivity contribution in [3.8, 4) is 11.1 Å². The first kappa shape index (κ1) is 19.8. The monoisotopic (exact) mass is 418 g/mol. The number of hydrogen-bond acceptors (Lipinski definition) is 4. The van der Waals surface area contributed by atoms with Crippen LogP contribution in [0, 0.1) is 5.92 Å². The van der Waals surface area contributed by atoms with Gasteiger partial charge in [-0.25, -0.2) is 0 Å². The van der Waals surface area contributed by atoms with Crippen molar-refractivity contribution in [2.75, 3.05) is 6.61 Å². The zero-order valence-corrected chi connectivity index (χ0v) is 15.9. The third-order valence-corrected chi connectivity index (χ3v) is 4.39. The fraction of sp³-hybridized carbons (Fsp3) is 0.250. The summed E-state index contributed by atoms with van der Waals surface area (Å²) in [6, 6.07) is 14.8. The smallest absolute Gasteiger partial charge is 0.309 e. The minimum atomic E-state index is -1.14. The molecule has 2 aromatic rings. The van der Waals surface area contributed by atoms with Crippen LogP contribution in [0.2, 0.25) is 0 Å². The predicted octanol–water partition coefficient (Wildman–Crippen LogP) is 4.34. The van der Waals surface area contributed by atoms with E-state index in [0.717, 1.165) is 15.6 Å². The van der Waals surface area contributed by atoms with Gasteiger partial charge in [-0.05, 0) is 30.2 Å². The second-order valence-corrected chi connectivity index (χ2v) is 6.67. The van der Waals surface area contributed by atoms with E-state index < -0.39 is 24.3 Å². The number of carboxylic acid groups (broad SMARTS) is 1. The molecule has 0 saturated carbocycles. The fourth-order valence-corrected chi connectivity index (χ4v) is 2.81. The van der Waals surface area contributed by atoms with Crippen LogP contribution in [0.25, 0.3) is 11.1 Å². The maximum atomic E-state index is 12.4. The molecule has 0 heterocycles. The molecule has 0 amide bonds. The third-order valence-electron chi connectivity index (χ3n) is 3.86. The molecule has 1 unspecified atom stereocenters. The van der Waals surface area contributed by atoms with E-state index in [2.05, 4.69) is 15.9 Å². The second kappa shape index (κ2) is 9.29. The molecule has 0 aliphatic heterocycles. The van der Waals surface area contributed by atoms with Crippen LogP contribution in [0.5, 0.6) is 0 Å². The van der Waals surface area contributed by atoms with Crippen molar-refractivity contribution in [2.45, 2.75) is 19.8 Å². The topological polar surface area (TPSA) is 80.7 Å². The molecule has 0 bridgehead atoms. The minimum absolute atomic E-state index is 0.144. The number of aliphatic carboxylic acids is 1. The Balaban J connectivity index is 2.11. The van der Waals surface area contributed by atoms with Gasteiger partial charge in [0.2, 0.25) is 0 Å². The molecule has 0 aromatic heterocycles. The maximum absolute atomic E-state index is 12.4. The first-order chi connectivity index (χ1) is 12.4. The minimum Gasteiger partial charge on any atom is -0.481 e. The van der Waals surface area contributed by atoms with E-state index in [4.69, 9.17) is 9.84 Å². The summed E-state index contributed by atoms with van der Waals surface area (Å²) in [7, 11) is 0. The standard InChI is InChI=1S/C20H19BrO5/c1-2-26-20(25)16(12-19(23)24)11-18(22)15-5-3-13(4-6-15)14-7-9-17(21)10-8-14/h3-10,16H,2,11-12H2,1H3,(H,23,24). The molecular weight excluding hydrogens is 400 g/mol. The molecular formula is C20H19BrO5. The summed E-state index contributed by atoms with van der Waals surface area (Å²) < 4.78 is 5.85. The van der Waals surface area contributed by atoms with Crippen molar-refractivity contribution >= 4 is 33.7 Å². The highest BCUT2D eigenvalue weighted by Gasteiger charge is 2.26. The summed E-state index contributed by atoms with van der Waals surface area (Å²) in [5.74, 6) is -3.06. The van der Waals surface area contributed by atoms with Gasteiger partial charge in [-0.2, -0.15) is 0 Å². The van der Waals surface area contributed by atoms with Crippen LogP contribution in [-0.2, 0) is 14.3 Å².